The average Bonchev–Trinajstić information content (AvgIpc) is 2.47. The van der Waals surface area contributed by atoms with Crippen molar-refractivity contribution in [2.24, 2.45) is 11.3 Å². The first-order valence-electron chi connectivity index (χ1n) is 8.67. The molecule has 1 aromatic rings. The lowest BCUT2D eigenvalue weighted by atomic mass is 9.71. The molecule has 0 aromatic carbocycles. The molecule has 5 nitrogen and oxygen atoms in total. The second-order valence-electron chi connectivity index (χ2n) is 7.52. The monoisotopic (exact) mass is 319 g/mol. The van der Waals surface area contributed by atoms with Crippen molar-refractivity contribution in [1.29, 1.82) is 0 Å². The third kappa shape index (κ3) is 5.48. The Morgan fingerprint density at radius 2 is 1.96 bits per heavy atom. The molecular weight excluding hydrogens is 290 g/mol. The Morgan fingerprint density at radius 1 is 1.26 bits per heavy atom. The fraction of sp³-hybridized carbons (Fsp3) is 0.722. The second kappa shape index (κ2) is 7.75. The molecule has 0 unspecified atom stereocenters. The predicted octanol–water partition coefficient (Wildman–Crippen LogP) is 4.20. The molecule has 128 valence electrons. The summed E-state index contributed by atoms with van der Waals surface area (Å²) in [4.78, 5) is 19.8. The third-order valence-electron chi connectivity index (χ3n) is 4.62. The van der Waals surface area contributed by atoms with Crippen LogP contribution >= 0.6 is 0 Å². The first kappa shape index (κ1) is 17.7. The van der Waals surface area contributed by atoms with Crippen LogP contribution in [-0.2, 0) is 4.79 Å². The summed E-state index contributed by atoms with van der Waals surface area (Å²) in [5, 5.41) is 3.46. The summed E-state index contributed by atoms with van der Waals surface area (Å²) < 4.78 is 5.22. The molecule has 0 saturated heterocycles. The molecule has 0 radical (unpaired) electrons. The summed E-state index contributed by atoms with van der Waals surface area (Å²) in [6.45, 7) is 8.93. The van der Waals surface area contributed by atoms with Gasteiger partial charge >= 0.3 is 5.97 Å². The number of nitrogens with zero attached hydrogens (tertiary/aromatic N) is 2. The van der Waals surface area contributed by atoms with Crippen molar-refractivity contribution >= 4 is 11.8 Å². The summed E-state index contributed by atoms with van der Waals surface area (Å²) >= 11 is 0. The van der Waals surface area contributed by atoms with Gasteiger partial charge in [0, 0.05) is 18.5 Å². The van der Waals surface area contributed by atoms with Crippen molar-refractivity contribution in [3.8, 4) is 5.88 Å². The number of anilines is 1. The van der Waals surface area contributed by atoms with Crippen LogP contribution in [0.4, 0.5) is 5.82 Å². The molecule has 0 amide bonds. The summed E-state index contributed by atoms with van der Waals surface area (Å²) in [5.41, 5.74) is 0.389. The Morgan fingerprint density at radius 3 is 2.57 bits per heavy atom. The highest BCUT2D eigenvalue weighted by atomic mass is 16.5. The maximum absolute atomic E-state index is 11.5. The van der Waals surface area contributed by atoms with E-state index in [9.17, 15) is 4.79 Å². The highest BCUT2D eigenvalue weighted by Crippen LogP contribution is 2.38. The number of ether oxygens (including phenoxy) is 1. The highest BCUT2D eigenvalue weighted by molar-refractivity contribution is 5.71. The van der Waals surface area contributed by atoms with Gasteiger partial charge in [0.25, 0.3) is 0 Å². The Hall–Kier alpha value is -1.65. The predicted molar refractivity (Wildman–Crippen MR) is 91.4 cm³/mol. The van der Waals surface area contributed by atoms with E-state index in [1.165, 1.54) is 19.2 Å². The quantitative estimate of drug-likeness (QED) is 0.824. The molecule has 0 aliphatic heterocycles. The summed E-state index contributed by atoms with van der Waals surface area (Å²) in [5.74, 6) is 1.60. The second-order valence-corrected chi connectivity index (χ2v) is 7.52. The summed E-state index contributed by atoms with van der Waals surface area (Å²) in [6, 6.07) is 2.14. The minimum Gasteiger partial charge on any atom is -0.407 e. The van der Waals surface area contributed by atoms with Gasteiger partial charge in [0.1, 0.15) is 12.1 Å². The number of carbonyl (C=O) groups excluding carboxylic acids is 1. The van der Waals surface area contributed by atoms with Gasteiger partial charge in [-0.25, -0.2) is 9.97 Å². The Bertz CT molecular complexity index is 517. The number of aromatic nitrogens is 2. The van der Waals surface area contributed by atoms with Crippen LogP contribution in [-0.4, -0.2) is 22.0 Å². The molecule has 1 aliphatic rings. The standard InChI is InChI=1S/C18H29N3O2/c1-5-6-17(22)23-16-11-15(19-12-20-16)21-14-9-7-13(8-10-14)18(2,3)4/h11-14H,5-10H2,1-4H3,(H,19,20,21). The van der Waals surface area contributed by atoms with Crippen LogP contribution in [0.25, 0.3) is 0 Å². The first-order chi connectivity index (χ1) is 10.9. The van der Waals surface area contributed by atoms with Crippen molar-refractivity contribution in [1.82, 2.24) is 9.97 Å². The Balaban J connectivity index is 1.88. The van der Waals surface area contributed by atoms with E-state index in [-0.39, 0.29) is 5.97 Å². The van der Waals surface area contributed by atoms with Gasteiger partial charge in [-0.15, -0.1) is 0 Å². The zero-order chi connectivity index (χ0) is 16.9. The lowest BCUT2D eigenvalue weighted by Gasteiger charge is -2.37. The molecular formula is C18H29N3O2. The SMILES string of the molecule is CCCC(=O)Oc1cc(NC2CCC(C(C)(C)C)CC2)ncn1. The molecule has 1 aromatic heterocycles. The van der Waals surface area contributed by atoms with Gasteiger partial charge in [-0.3, -0.25) is 4.79 Å². The average molecular weight is 319 g/mol. The van der Waals surface area contributed by atoms with Crippen LogP contribution in [0.5, 0.6) is 5.88 Å². The van der Waals surface area contributed by atoms with Crippen molar-refractivity contribution in [3.63, 3.8) is 0 Å². The number of hydrogen-bond donors (Lipinski definition) is 1. The Kier molecular flexibility index (Phi) is 5.97. The molecule has 1 fully saturated rings. The summed E-state index contributed by atoms with van der Waals surface area (Å²) in [7, 11) is 0. The van der Waals surface area contributed by atoms with Gasteiger partial charge in [-0.1, -0.05) is 27.7 Å². The van der Waals surface area contributed by atoms with Gasteiger partial charge in [-0.05, 0) is 43.4 Å². The fourth-order valence-electron chi connectivity index (χ4n) is 3.16. The zero-order valence-corrected chi connectivity index (χ0v) is 14.8. The van der Waals surface area contributed by atoms with Gasteiger partial charge in [0.15, 0.2) is 0 Å². The van der Waals surface area contributed by atoms with E-state index in [4.69, 9.17) is 4.74 Å². The topological polar surface area (TPSA) is 64.1 Å². The molecule has 1 heterocycles. The van der Waals surface area contributed by atoms with Crippen LogP contribution < -0.4 is 10.1 Å². The normalized spacial score (nSPS) is 21.7. The van der Waals surface area contributed by atoms with Gasteiger partial charge in [0.05, 0.1) is 0 Å². The number of hydrogen-bond acceptors (Lipinski definition) is 5. The van der Waals surface area contributed by atoms with Crippen LogP contribution in [0.3, 0.4) is 0 Å². The minimum atomic E-state index is -0.247. The zero-order valence-electron chi connectivity index (χ0n) is 14.8. The molecule has 23 heavy (non-hydrogen) atoms. The molecule has 5 heteroatoms. The van der Waals surface area contributed by atoms with Crippen LogP contribution in [0, 0.1) is 11.3 Å². The van der Waals surface area contributed by atoms with E-state index >= 15 is 0 Å². The molecule has 1 saturated carbocycles. The maximum Gasteiger partial charge on any atom is 0.312 e. The van der Waals surface area contributed by atoms with Crippen LogP contribution in [0.2, 0.25) is 0 Å². The molecule has 0 bridgehead atoms. The smallest absolute Gasteiger partial charge is 0.312 e. The van der Waals surface area contributed by atoms with Crippen molar-refractivity contribution < 1.29 is 9.53 Å². The van der Waals surface area contributed by atoms with E-state index in [1.54, 1.807) is 6.07 Å². The minimum absolute atomic E-state index is 0.247. The number of nitrogens with one attached hydrogen (secondary N) is 1. The van der Waals surface area contributed by atoms with Gasteiger partial charge < -0.3 is 10.1 Å². The van der Waals surface area contributed by atoms with Crippen molar-refractivity contribution in [2.75, 3.05) is 5.32 Å². The maximum atomic E-state index is 11.5. The van der Waals surface area contributed by atoms with Crippen molar-refractivity contribution in [3.05, 3.63) is 12.4 Å². The Labute approximate surface area is 139 Å². The lowest BCUT2D eigenvalue weighted by Crippen LogP contribution is -2.31. The fourth-order valence-corrected chi connectivity index (χ4v) is 3.16. The summed E-state index contributed by atoms with van der Waals surface area (Å²) in [6.07, 6.45) is 7.40. The van der Waals surface area contributed by atoms with E-state index in [0.717, 1.165) is 31.0 Å². The lowest BCUT2D eigenvalue weighted by molar-refractivity contribution is -0.134. The number of carbonyl (C=O) groups is 1. The number of esters is 1. The highest BCUT2D eigenvalue weighted by Gasteiger charge is 2.29. The molecule has 0 atom stereocenters. The van der Waals surface area contributed by atoms with Crippen molar-refractivity contribution in [2.45, 2.75) is 72.3 Å². The molecule has 1 aliphatic carbocycles. The van der Waals surface area contributed by atoms with E-state index < -0.39 is 0 Å². The first-order valence-corrected chi connectivity index (χ1v) is 8.67. The van der Waals surface area contributed by atoms with Gasteiger partial charge in [0.2, 0.25) is 5.88 Å². The van der Waals surface area contributed by atoms with E-state index in [2.05, 4.69) is 36.1 Å². The van der Waals surface area contributed by atoms with Crippen LogP contribution in [0.15, 0.2) is 12.4 Å². The largest absolute Gasteiger partial charge is 0.407 e. The number of rotatable bonds is 5. The van der Waals surface area contributed by atoms with E-state index in [1.807, 2.05) is 6.92 Å². The molecule has 2 rings (SSSR count). The van der Waals surface area contributed by atoms with E-state index in [0.29, 0.717) is 23.8 Å². The van der Waals surface area contributed by atoms with Crippen LogP contribution in [0.1, 0.15) is 66.2 Å². The molecule has 1 N–H and O–H groups in total. The molecule has 0 spiro atoms. The third-order valence-corrected chi connectivity index (χ3v) is 4.62. The van der Waals surface area contributed by atoms with Gasteiger partial charge in [-0.2, -0.15) is 0 Å².